The highest BCUT2D eigenvalue weighted by Crippen LogP contribution is 2.34. The first-order chi connectivity index (χ1) is 9.74. The monoisotopic (exact) mass is 309 g/mol. The fourth-order valence-corrected chi connectivity index (χ4v) is 3.56. The van der Waals surface area contributed by atoms with Gasteiger partial charge in [-0.2, -0.15) is 0 Å². The number of benzene rings is 1. The number of anilines is 1. The standard InChI is InChI=1S/C16H28NP.C2H4.CH4/c1-4-5-6-7-8-11-14-18(3)17-16-13-10-9-12-15(16)2;1-2;/h9-10,12-13,17H,4-8,11,14H2,1-3H3;1-2H2;1H4. The van der Waals surface area contributed by atoms with Crippen LogP contribution in [-0.2, 0) is 0 Å². The summed E-state index contributed by atoms with van der Waals surface area (Å²) in [5.41, 5.74) is 2.67. The van der Waals surface area contributed by atoms with Crippen LogP contribution in [0.4, 0.5) is 5.69 Å². The van der Waals surface area contributed by atoms with Gasteiger partial charge in [-0.05, 0) is 45.9 Å². The molecule has 0 spiro atoms. The van der Waals surface area contributed by atoms with Crippen molar-refractivity contribution in [3.63, 3.8) is 0 Å². The van der Waals surface area contributed by atoms with E-state index < -0.39 is 0 Å². The molecular formula is C19H36NP. The zero-order valence-electron chi connectivity index (χ0n) is 13.6. The third-order valence-corrected chi connectivity index (χ3v) is 4.91. The van der Waals surface area contributed by atoms with Gasteiger partial charge < -0.3 is 5.09 Å². The second kappa shape index (κ2) is 15.6. The van der Waals surface area contributed by atoms with Gasteiger partial charge in [-0.15, -0.1) is 13.2 Å². The van der Waals surface area contributed by atoms with Crippen molar-refractivity contribution in [2.75, 3.05) is 17.9 Å². The number of hydrogen-bond donors (Lipinski definition) is 1. The van der Waals surface area contributed by atoms with Crippen molar-refractivity contribution >= 4 is 13.8 Å². The molecule has 1 aromatic carbocycles. The van der Waals surface area contributed by atoms with Gasteiger partial charge >= 0.3 is 0 Å². The molecule has 1 unspecified atom stereocenters. The predicted octanol–water partition coefficient (Wildman–Crippen LogP) is 7.23. The van der Waals surface area contributed by atoms with E-state index in [0.717, 1.165) is 0 Å². The molecule has 0 aliphatic heterocycles. The summed E-state index contributed by atoms with van der Waals surface area (Å²) >= 11 is 0. The van der Waals surface area contributed by atoms with E-state index in [1.165, 1.54) is 55.9 Å². The minimum atomic E-state index is -0.0475. The lowest BCUT2D eigenvalue weighted by Gasteiger charge is -2.16. The lowest BCUT2D eigenvalue weighted by Crippen LogP contribution is -1.97. The van der Waals surface area contributed by atoms with E-state index in [2.05, 4.69) is 63.0 Å². The van der Waals surface area contributed by atoms with Crippen molar-refractivity contribution in [3.05, 3.63) is 43.0 Å². The molecule has 1 atom stereocenters. The van der Waals surface area contributed by atoms with Crippen LogP contribution in [0.5, 0.6) is 0 Å². The van der Waals surface area contributed by atoms with Gasteiger partial charge in [-0.3, -0.25) is 0 Å². The fraction of sp³-hybridized carbons (Fsp3) is 0.579. The van der Waals surface area contributed by atoms with Crippen LogP contribution in [0.15, 0.2) is 37.4 Å². The highest BCUT2D eigenvalue weighted by molar-refractivity contribution is 7.58. The van der Waals surface area contributed by atoms with E-state index in [4.69, 9.17) is 0 Å². The molecule has 0 bridgehead atoms. The van der Waals surface area contributed by atoms with Gasteiger partial charge in [0, 0.05) is 5.69 Å². The minimum Gasteiger partial charge on any atom is -0.364 e. The number of aryl methyl sites for hydroxylation is 1. The van der Waals surface area contributed by atoms with E-state index in [1.807, 2.05) is 0 Å². The maximum absolute atomic E-state index is 3.68. The second-order valence-electron chi connectivity index (χ2n) is 5.12. The first kappa shape index (κ1) is 22.5. The van der Waals surface area contributed by atoms with Crippen LogP contribution in [0.25, 0.3) is 0 Å². The highest BCUT2D eigenvalue weighted by Gasteiger charge is 2.03. The summed E-state index contributed by atoms with van der Waals surface area (Å²) in [4.78, 5) is 0. The number of rotatable bonds is 9. The van der Waals surface area contributed by atoms with Gasteiger partial charge in [-0.25, -0.2) is 0 Å². The Morgan fingerprint density at radius 1 is 1.00 bits per heavy atom. The van der Waals surface area contributed by atoms with E-state index >= 15 is 0 Å². The second-order valence-corrected chi connectivity index (χ2v) is 7.18. The Morgan fingerprint density at radius 2 is 1.57 bits per heavy atom. The number of hydrogen-bond acceptors (Lipinski definition) is 1. The largest absolute Gasteiger partial charge is 0.364 e. The topological polar surface area (TPSA) is 12.0 Å². The summed E-state index contributed by atoms with van der Waals surface area (Å²) in [6.07, 6.45) is 9.71. The third kappa shape index (κ3) is 11.5. The zero-order chi connectivity index (χ0) is 15.2. The van der Waals surface area contributed by atoms with Crippen molar-refractivity contribution in [2.24, 2.45) is 0 Å². The highest BCUT2D eigenvalue weighted by atomic mass is 31.1. The first-order valence-electron chi connectivity index (χ1n) is 7.77. The molecule has 21 heavy (non-hydrogen) atoms. The third-order valence-electron chi connectivity index (χ3n) is 3.30. The minimum absolute atomic E-state index is 0. The summed E-state index contributed by atoms with van der Waals surface area (Å²) in [5, 5.41) is 3.68. The van der Waals surface area contributed by atoms with Crippen molar-refractivity contribution in [2.45, 2.75) is 59.8 Å². The van der Waals surface area contributed by atoms with Crippen LogP contribution < -0.4 is 5.09 Å². The van der Waals surface area contributed by atoms with E-state index in [9.17, 15) is 0 Å². The Hall–Kier alpha value is -0.810. The van der Waals surface area contributed by atoms with Crippen LogP contribution in [-0.4, -0.2) is 12.8 Å². The van der Waals surface area contributed by atoms with E-state index in [1.54, 1.807) is 0 Å². The van der Waals surface area contributed by atoms with E-state index in [-0.39, 0.29) is 15.5 Å². The summed E-state index contributed by atoms with van der Waals surface area (Å²) in [6, 6.07) is 8.58. The average Bonchev–Trinajstić information content (AvgIpc) is 2.47. The molecule has 0 saturated carbocycles. The van der Waals surface area contributed by atoms with Gasteiger partial charge in [0.25, 0.3) is 0 Å². The molecule has 1 rings (SSSR count). The molecule has 0 radical (unpaired) electrons. The molecule has 0 amide bonds. The Labute approximate surface area is 135 Å². The smallest absolute Gasteiger partial charge is 0.0402 e. The van der Waals surface area contributed by atoms with Crippen molar-refractivity contribution in [1.29, 1.82) is 0 Å². The van der Waals surface area contributed by atoms with Gasteiger partial charge in [0.15, 0.2) is 0 Å². The molecule has 2 heteroatoms. The normalized spacial score (nSPS) is 10.8. The van der Waals surface area contributed by atoms with Crippen LogP contribution in [0.3, 0.4) is 0 Å². The summed E-state index contributed by atoms with van der Waals surface area (Å²) in [5.74, 6) is 0. The summed E-state index contributed by atoms with van der Waals surface area (Å²) in [7, 11) is -0.0475. The molecule has 122 valence electrons. The van der Waals surface area contributed by atoms with Gasteiger partial charge in [0.2, 0.25) is 0 Å². The van der Waals surface area contributed by atoms with Crippen LogP contribution in [0, 0.1) is 6.92 Å². The molecule has 0 aromatic heterocycles. The van der Waals surface area contributed by atoms with Crippen LogP contribution in [0.2, 0.25) is 0 Å². The number of unbranched alkanes of at least 4 members (excludes halogenated alkanes) is 5. The molecule has 0 fully saturated rings. The van der Waals surface area contributed by atoms with Gasteiger partial charge in [-0.1, -0.05) is 64.7 Å². The van der Waals surface area contributed by atoms with Gasteiger partial charge in [0.1, 0.15) is 0 Å². The van der Waals surface area contributed by atoms with Crippen LogP contribution >= 0.6 is 8.07 Å². The molecular weight excluding hydrogens is 273 g/mol. The Balaban J connectivity index is 0. The fourth-order valence-electron chi connectivity index (χ4n) is 2.09. The molecule has 0 heterocycles. The quantitative estimate of drug-likeness (QED) is 0.288. The Morgan fingerprint density at radius 3 is 2.19 bits per heavy atom. The van der Waals surface area contributed by atoms with Crippen molar-refractivity contribution < 1.29 is 0 Å². The maximum Gasteiger partial charge on any atom is 0.0402 e. The summed E-state index contributed by atoms with van der Waals surface area (Å²) < 4.78 is 0. The predicted molar refractivity (Wildman–Crippen MR) is 104 cm³/mol. The Bertz CT molecular complexity index is 338. The van der Waals surface area contributed by atoms with Crippen molar-refractivity contribution in [3.8, 4) is 0 Å². The van der Waals surface area contributed by atoms with E-state index in [0.29, 0.717) is 0 Å². The molecule has 1 N–H and O–H groups in total. The molecule has 1 aromatic rings. The Kier molecular flexibility index (Phi) is 16.7. The first-order valence-corrected chi connectivity index (χ1v) is 9.75. The van der Waals surface area contributed by atoms with Crippen LogP contribution in [0.1, 0.15) is 58.4 Å². The lowest BCUT2D eigenvalue weighted by atomic mass is 10.1. The lowest BCUT2D eigenvalue weighted by molar-refractivity contribution is 0.626. The molecule has 1 nitrogen and oxygen atoms in total. The molecule has 0 aliphatic carbocycles. The SMILES string of the molecule is C.C=C.CCCCCCCCP(C)Nc1ccccc1C. The maximum atomic E-state index is 3.68. The average molecular weight is 309 g/mol. The number of para-hydroxylation sites is 1. The zero-order valence-corrected chi connectivity index (χ0v) is 14.5. The van der Waals surface area contributed by atoms with Crippen molar-refractivity contribution in [1.82, 2.24) is 0 Å². The molecule has 0 aliphatic rings. The molecule has 0 saturated heterocycles. The van der Waals surface area contributed by atoms with Gasteiger partial charge in [0.05, 0.1) is 0 Å². The number of nitrogens with one attached hydrogen (secondary N) is 1. The summed E-state index contributed by atoms with van der Waals surface area (Å²) in [6.45, 7) is 12.8.